The first-order chi connectivity index (χ1) is 14.5. The Balaban J connectivity index is 1.53. The van der Waals surface area contributed by atoms with E-state index in [1.165, 1.54) is 6.21 Å². The average Bonchev–Trinajstić information content (AvgIpc) is 2.74. The highest BCUT2D eigenvalue weighted by molar-refractivity contribution is 6.35. The van der Waals surface area contributed by atoms with Crippen molar-refractivity contribution in [1.29, 1.82) is 0 Å². The molecule has 0 aliphatic carbocycles. The van der Waals surface area contributed by atoms with Gasteiger partial charge in [0, 0.05) is 27.1 Å². The molecular formula is C23H18Cl3NO3. The molecule has 3 aromatic rings. The molecule has 0 amide bonds. The van der Waals surface area contributed by atoms with Gasteiger partial charge in [-0.25, -0.2) is 0 Å². The van der Waals surface area contributed by atoms with Crippen LogP contribution >= 0.6 is 34.8 Å². The third-order valence-corrected chi connectivity index (χ3v) is 4.99. The summed E-state index contributed by atoms with van der Waals surface area (Å²) in [6, 6.07) is 19.6. The molecule has 0 bridgehead atoms. The second kappa shape index (κ2) is 11.0. The molecule has 0 unspecified atom stereocenters. The summed E-state index contributed by atoms with van der Waals surface area (Å²) in [7, 11) is 0. The molecule has 0 aliphatic heterocycles. The number of nitrogens with zero attached hydrogens (tertiary/aromatic N) is 1. The molecule has 0 fully saturated rings. The zero-order valence-electron chi connectivity index (χ0n) is 15.9. The quantitative estimate of drug-likeness (QED) is 0.195. The summed E-state index contributed by atoms with van der Waals surface area (Å²) in [6.07, 6.45) is 1.50. The fourth-order valence-corrected chi connectivity index (χ4v) is 3.18. The normalized spacial score (nSPS) is 10.9. The number of carbonyl (C=O) groups excluding carboxylic acids is 1. The largest absolute Gasteiger partial charge is 0.488 e. The summed E-state index contributed by atoms with van der Waals surface area (Å²) in [5.41, 5.74) is 2.20. The van der Waals surface area contributed by atoms with Gasteiger partial charge in [0.15, 0.2) is 5.78 Å². The fraction of sp³-hybridized carbons (Fsp3) is 0.130. The summed E-state index contributed by atoms with van der Waals surface area (Å²) in [5, 5.41) is 5.55. The average molecular weight is 463 g/mol. The van der Waals surface area contributed by atoms with Crippen molar-refractivity contribution in [2.24, 2.45) is 5.16 Å². The van der Waals surface area contributed by atoms with Crippen LogP contribution in [-0.4, -0.2) is 12.0 Å². The maximum absolute atomic E-state index is 12.6. The lowest BCUT2D eigenvalue weighted by atomic mass is 10.1. The van der Waals surface area contributed by atoms with E-state index in [2.05, 4.69) is 5.16 Å². The summed E-state index contributed by atoms with van der Waals surface area (Å²) in [6.45, 7) is 0.516. The molecule has 0 heterocycles. The predicted molar refractivity (Wildman–Crippen MR) is 121 cm³/mol. The summed E-state index contributed by atoms with van der Waals surface area (Å²) in [5.74, 6) is 0.387. The molecule has 0 radical (unpaired) electrons. The molecular weight excluding hydrogens is 445 g/mol. The summed E-state index contributed by atoms with van der Waals surface area (Å²) < 4.78 is 5.83. The molecule has 0 saturated heterocycles. The highest BCUT2D eigenvalue weighted by Gasteiger charge is 2.11. The van der Waals surface area contributed by atoms with Gasteiger partial charge in [0.05, 0.1) is 11.8 Å². The van der Waals surface area contributed by atoms with Gasteiger partial charge in [-0.15, -0.1) is 0 Å². The molecule has 0 saturated carbocycles. The van der Waals surface area contributed by atoms with Crippen LogP contribution in [0.1, 0.15) is 27.9 Å². The lowest BCUT2D eigenvalue weighted by Crippen LogP contribution is -2.05. The van der Waals surface area contributed by atoms with Crippen molar-refractivity contribution in [2.75, 3.05) is 0 Å². The number of hydrogen-bond acceptors (Lipinski definition) is 4. The van der Waals surface area contributed by atoms with Crippen LogP contribution in [0.15, 0.2) is 71.9 Å². The van der Waals surface area contributed by atoms with Crippen LogP contribution in [0.3, 0.4) is 0 Å². The Morgan fingerprint density at radius 3 is 2.40 bits per heavy atom. The fourth-order valence-electron chi connectivity index (χ4n) is 2.59. The molecule has 154 valence electrons. The van der Waals surface area contributed by atoms with Crippen molar-refractivity contribution in [3.8, 4) is 5.75 Å². The van der Waals surface area contributed by atoms with Gasteiger partial charge < -0.3 is 9.57 Å². The Kier molecular flexibility index (Phi) is 8.14. The Morgan fingerprint density at radius 2 is 1.63 bits per heavy atom. The van der Waals surface area contributed by atoms with Crippen molar-refractivity contribution in [3.05, 3.63) is 98.5 Å². The maximum atomic E-state index is 12.6. The molecule has 7 heteroatoms. The van der Waals surface area contributed by atoms with Crippen molar-refractivity contribution in [2.45, 2.75) is 19.6 Å². The first-order valence-electron chi connectivity index (χ1n) is 9.10. The number of ether oxygens (including phenoxy) is 1. The molecule has 0 aliphatic rings. The number of benzene rings is 3. The molecule has 0 spiro atoms. The number of carbonyl (C=O) groups is 1. The smallest absolute Gasteiger partial charge is 0.172 e. The molecule has 0 atom stereocenters. The number of ketones is 1. The molecule has 0 N–H and O–H groups in total. The van der Waals surface area contributed by atoms with E-state index in [9.17, 15) is 4.79 Å². The third-order valence-electron chi connectivity index (χ3n) is 4.16. The van der Waals surface area contributed by atoms with E-state index in [0.29, 0.717) is 33.0 Å². The van der Waals surface area contributed by atoms with Gasteiger partial charge in [0.25, 0.3) is 0 Å². The number of Topliss-reactive ketones (excluding diaryl/α,β-unsaturated/α-hetero) is 1. The minimum atomic E-state index is -0.126. The molecule has 4 nitrogen and oxygen atoms in total. The number of hydrogen-bond donors (Lipinski definition) is 0. The van der Waals surface area contributed by atoms with Crippen LogP contribution in [0.4, 0.5) is 0 Å². The predicted octanol–water partition coefficient (Wildman–Crippen LogP) is 7.00. The van der Waals surface area contributed by atoms with Crippen LogP contribution in [0, 0.1) is 0 Å². The number of halogens is 3. The van der Waals surface area contributed by atoms with Crippen molar-refractivity contribution in [1.82, 2.24) is 0 Å². The van der Waals surface area contributed by atoms with E-state index in [-0.39, 0.29) is 18.8 Å². The zero-order valence-corrected chi connectivity index (χ0v) is 18.1. The van der Waals surface area contributed by atoms with Crippen molar-refractivity contribution in [3.63, 3.8) is 0 Å². The van der Waals surface area contributed by atoms with E-state index in [4.69, 9.17) is 44.4 Å². The molecule has 3 rings (SSSR count). The van der Waals surface area contributed by atoms with Crippen LogP contribution < -0.4 is 4.74 Å². The maximum Gasteiger partial charge on any atom is 0.172 e. The van der Waals surface area contributed by atoms with Gasteiger partial charge in [-0.1, -0.05) is 70.3 Å². The van der Waals surface area contributed by atoms with Crippen molar-refractivity contribution >= 4 is 46.8 Å². The monoisotopic (exact) mass is 461 g/mol. The van der Waals surface area contributed by atoms with Gasteiger partial charge in [-0.2, -0.15) is 0 Å². The van der Waals surface area contributed by atoms with Gasteiger partial charge in [0.1, 0.15) is 19.0 Å². The van der Waals surface area contributed by atoms with E-state index in [1.807, 2.05) is 18.2 Å². The Bertz CT molecular complexity index is 1040. The molecule has 3 aromatic carbocycles. The first-order valence-corrected chi connectivity index (χ1v) is 10.2. The van der Waals surface area contributed by atoms with E-state index >= 15 is 0 Å². The molecule has 30 heavy (non-hydrogen) atoms. The van der Waals surface area contributed by atoms with Gasteiger partial charge >= 0.3 is 0 Å². The van der Waals surface area contributed by atoms with Gasteiger partial charge in [-0.3, -0.25) is 4.79 Å². The third kappa shape index (κ3) is 6.49. The van der Waals surface area contributed by atoms with Crippen LogP contribution in [0.2, 0.25) is 15.1 Å². The van der Waals surface area contributed by atoms with Crippen LogP contribution in [0.5, 0.6) is 5.75 Å². The highest BCUT2D eigenvalue weighted by Crippen LogP contribution is 2.22. The van der Waals surface area contributed by atoms with Crippen molar-refractivity contribution < 1.29 is 14.4 Å². The number of rotatable bonds is 9. The lowest BCUT2D eigenvalue weighted by molar-refractivity contribution is 0.0992. The summed E-state index contributed by atoms with van der Waals surface area (Å²) in [4.78, 5) is 17.8. The van der Waals surface area contributed by atoms with Crippen LogP contribution in [-0.2, 0) is 18.1 Å². The van der Waals surface area contributed by atoms with Gasteiger partial charge in [-0.05, 0) is 42.0 Å². The Labute approximate surface area is 190 Å². The molecule has 0 aromatic heterocycles. The summed E-state index contributed by atoms with van der Waals surface area (Å²) >= 11 is 17.8. The second-order valence-electron chi connectivity index (χ2n) is 6.34. The first kappa shape index (κ1) is 22.2. The lowest BCUT2D eigenvalue weighted by Gasteiger charge is -2.10. The van der Waals surface area contributed by atoms with E-state index in [0.717, 1.165) is 11.1 Å². The van der Waals surface area contributed by atoms with Crippen LogP contribution in [0.25, 0.3) is 0 Å². The standard InChI is InChI=1S/C23H18Cl3NO3/c24-18-8-5-16(6-9-18)14-29-23-4-2-1-3-20(23)22(28)11-12-27-30-15-17-7-10-19(25)13-21(17)26/h1-10,12-13H,11,14-15H2/b27-12-. The minimum absolute atomic E-state index is 0.0790. The topological polar surface area (TPSA) is 47.9 Å². The number of oxime groups is 1. The number of para-hydroxylation sites is 1. The zero-order chi connectivity index (χ0) is 21.3. The SMILES string of the molecule is O=C(C/C=N\OCc1ccc(Cl)cc1Cl)c1ccccc1OCc1ccc(Cl)cc1. The van der Waals surface area contributed by atoms with E-state index in [1.54, 1.807) is 48.5 Å². The second-order valence-corrected chi connectivity index (χ2v) is 7.62. The Morgan fingerprint density at radius 1 is 0.900 bits per heavy atom. The Hall–Kier alpha value is -2.53. The van der Waals surface area contributed by atoms with Gasteiger partial charge in [0.2, 0.25) is 0 Å². The van der Waals surface area contributed by atoms with E-state index < -0.39 is 0 Å². The highest BCUT2D eigenvalue weighted by atomic mass is 35.5. The minimum Gasteiger partial charge on any atom is -0.488 e.